The summed E-state index contributed by atoms with van der Waals surface area (Å²) in [7, 11) is 0. The standard InChI is InChI=1S/C10H10N2OS2/c1-15-8-4-2-3-7(5-8)12-9(13)6-11-10(12)14/h2-5H,6H2,1H3,(H,11,14). The number of nitrogens with one attached hydrogen (secondary N) is 1. The van der Waals surface area contributed by atoms with Crippen LogP contribution in [0.3, 0.4) is 0 Å². The summed E-state index contributed by atoms with van der Waals surface area (Å²) in [5.74, 6) is -0.00162. The van der Waals surface area contributed by atoms with Crippen molar-refractivity contribution < 1.29 is 4.79 Å². The van der Waals surface area contributed by atoms with Gasteiger partial charge in [-0.3, -0.25) is 9.69 Å². The number of carbonyl (C=O) groups is 1. The van der Waals surface area contributed by atoms with Crippen molar-refractivity contribution in [3.63, 3.8) is 0 Å². The Kier molecular flexibility index (Phi) is 2.93. The number of hydrogen-bond acceptors (Lipinski definition) is 3. The molecule has 2 rings (SSSR count). The van der Waals surface area contributed by atoms with E-state index >= 15 is 0 Å². The lowest BCUT2D eigenvalue weighted by Gasteiger charge is -2.15. The Morgan fingerprint density at radius 3 is 2.93 bits per heavy atom. The van der Waals surface area contributed by atoms with Crippen LogP contribution in [0.25, 0.3) is 0 Å². The molecule has 0 atom stereocenters. The van der Waals surface area contributed by atoms with Gasteiger partial charge in [-0.25, -0.2) is 0 Å². The largest absolute Gasteiger partial charge is 0.353 e. The molecule has 0 aromatic heterocycles. The molecular formula is C10H10N2OS2. The summed E-state index contributed by atoms with van der Waals surface area (Å²) in [6.45, 7) is 0.294. The van der Waals surface area contributed by atoms with E-state index in [-0.39, 0.29) is 5.91 Å². The number of carbonyl (C=O) groups excluding carboxylic acids is 1. The van der Waals surface area contributed by atoms with Crippen LogP contribution in [-0.4, -0.2) is 23.8 Å². The van der Waals surface area contributed by atoms with E-state index in [1.807, 2.05) is 30.5 Å². The number of thiocarbonyl (C=S) groups is 1. The van der Waals surface area contributed by atoms with E-state index < -0.39 is 0 Å². The van der Waals surface area contributed by atoms with Crippen LogP contribution in [0.1, 0.15) is 0 Å². The van der Waals surface area contributed by atoms with Crippen LogP contribution >= 0.6 is 24.0 Å². The lowest BCUT2D eigenvalue weighted by atomic mass is 10.3. The first-order chi connectivity index (χ1) is 7.22. The van der Waals surface area contributed by atoms with Crippen molar-refractivity contribution in [3.05, 3.63) is 24.3 Å². The molecule has 1 saturated heterocycles. The minimum atomic E-state index is -0.00162. The Bertz CT molecular complexity index is 404. The molecule has 0 saturated carbocycles. The van der Waals surface area contributed by atoms with Gasteiger partial charge in [0.05, 0.1) is 12.2 Å². The molecule has 5 heteroatoms. The van der Waals surface area contributed by atoms with Gasteiger partial charge in [-0.05, 0) is 36.7 Å². The molecule has 1 aromatic carbocycles. The molecule has 0 radical (unpaired) electrons. The molecule has 0 unspecified atom stereocenters. The highest BCUT2D eigenvalue weighted by atomic mass is 32.2. The average molecular weight is 238 g/mol. The van der Waals surface area contributed by atoms with Gasteiger partial charge >= 0.3 is 0 Å². The van der Waals surface area contributed by atoms with E-state index in [1.54, 1.807) is 11.8 Å². The number of rotatable bonds is 2. The molecular weight excluding hydrogens is 228 g/mol. The van der Waals surface area contributed by atoms with E-state index in [4.69, 9.17) is 12.2 Å². The number of thioether (sulfide) groups is 1. The fourth-order valence-electron chi connectivity index (χ4n) is 1.43. The van der Waals surface area contributed by atoms with Gasteiger partial charge in [0.2, 0.25) is 0 Å². The van der Waals surface area contributed by atoms with Crippen molar-refractivity contribution in [2.75, 3.05) is 17.7 Å². The number of hydrogen-bond donors (Lipinski definition) is 1. The van der Waals surface area contributed by atoms with E-state index in [0.717, 1.165) is 10.6 Å². The van der Waals surface area contributed by atoms with Crippen LogP contribution in [-0.2, 0) is 4.79 Å². The quantitative estimate of drug-likeness (QED) is 0.627. The summed E-state index contributed by atoms with van der Waals surface area (Å²) in [4.78, 5) is 14.2. The molecule has 1 aliphatic rings. The first kappa shape index (κ1) is 10.4. The van der Waals surface area contributed by atoms with E-state index in [0.29, 0.717) is 11.7 Å². The lowest BCUT2D eigenvalue weighted by Crippen LogP contribution is -2.30. The first-order valence-corrected chi connectivity index (χ1v) is 6.10. The highest BCUT2D eigenvalue weighted by Gasteiger charge is 2.26. The molecule has 78 valence electrons. The number of nitrogens with zero attached hydrogens (tertiary/aromatic N) is 1. The van der Waals surface area contributed by atoms with E-state index in [9.17, 15) is 4.79 Å². The Labute approximate surface area is 97.8 Å². The molecule has 1 N–H and O–H groups in total. The third kappa shape index (κ3) is 1.98. The number of amides is 1. The van der Waals surface area contributed by atoms with Crippen LogP contribution in [0, 0.1) is 0 Å². The zero-order valence-corrected chi connectivity index (χ0v) is 9.82. The summed E-state index contributed by atoms with van der Waals surface area (Å²) in [5.41, 5.74) is 0.835. The zero-order valence-electron chi connectivity index (χ0n) is 8.19. The third-order valence-corrected chi connectivity index (χ3v) is 3.21. The summed E-state index contributed by atoms with van der Waals surface area (Å²) in [6, 6.07) is 7.78. The van der Waals surface area contributed by atoms with Crippen molar-refractivity contribution in [1.29, 1.82) is 0 Å². The molecule has 3 nitrogen and oxygen atoms in total. The molecule has 1 fully saturated rings. The molecule has 1 aliphatic heterocycles. The van der Waals surface area contributed by atoms with Crippen molar-refractivity contribution in [1.82, 2.24) is 5.32 Å². The third-order valence-electron chi connectivity index (χ3n) is 2.15. The monoisotopic (exact) mass is 238 g/mol. The van der Waals surface area contributed by atoms with Crippen LogP contribution in [0.15, 0.2) is 29.2 Å². The first-order valence-electron chi connectivity index (χ1n) is 4.47. The Hall–Kier alpha value is -1.07. The molecule has 0 aliphatic carbocycles. The van der Waals surface area contributed by atoms with Crippen LogP contribution < -0.4 is 10.2 Å². The maximum atomic E-state index is 11.6. The van der Waals surface area contributed by atoms with E-state index in [1.165, 1.54) is 4.90 Å². The normalized spacial score (nSPS) is 15.7. The van der Waals surface area contributed by atoms with Gasteiger partial charge in [0.15, 0.2) is 5.11 Å². The van der Waals surface area contributed by atoms with Crippen LogP contribution in [0.5, 0.6) is 0 Å². The van der Waals surface area contributed by atoms with Gasteiger partial charge in [-0.2, -0.15) is 0 Å². The fourth-order valence-corrected chi connectivity index (χ4v) is 2.17. The highest BCUT2D eigenvalue weighted by molar-refractivity contribution is 7.98. The number of benzene rings is 1. The molecule has 15 heavy (non-hydrogen) atoms. The topological polar surface area (TPSA) is 32.3 Å². The van der Waals surface area contributed by atoms with Gasteiger partial charge in [-0.15, -0.1) is 11.8 Å². The van der Waals surface area contributed by atoms with Crippen molar-refractivity contribution in [2.24, 2.45) is 0 Å². The smallest absolute Gasteiger partial charge is 0.252 e. The van der Waals surface area contributed by atoms with Gasteiger partial charge in [0, 0.05) is 4.90 Å². The molecule has 1 amide bonds. The van der Waals surface area contributed by atoms with Crippen molar-refractivity contribution in [2.45, 2.75) is 4.90 Å². The van der Waals surface area contributed by atoms with Gasteiger partial charge < -0.3 is 5.32 Å². The SMILES string of the molecule is CSc1cccc(N2C(=O)CNC2=S)c1. The summed E-state index contributed by atoms with van der Waals surface area (Å²) >= 11 is 6.71. The maximum Gasteiger partial charge on any atom is 0.252 e. The molecule has 0 spiro atoms. The minimum Gasteiger partial charge on any atom is -0.353 e. The predicted molar refractivity (Wildman–Crippen MR) is 66.3 cm³/mol. The predicted octanol–water partition coefficient (Wildman–Crippen LogP) is 1.63. The average Bonchev–Trinajstić information content (AvgIpc) is 2.59. The minimum absolute atomic E-state index is 0.00162. The second-order valence-corrected chi connectivity index (χ2v) is 4.36. The summed E-state index contributed by atoms with van der Waals surface area (Å²) in [5, 5.41) is 3.34. The van der Waals surface area contributed by atoms with Crippen molar-refractivity contribution in [3.8, 4) is 0 Å². The second kappa shape index (κ2) is 4.20. The van der Waals surface area contributed by atoms with Crippen LogP contribution in [0.2, 0.25) is 0 Å². The Morgan fingerprint density at radius 1 is 1.53 bits per heavy atom. The Morgan fingerprint density at radius 2 is 2.33 bits per heavy atom. The zero-order chi connectivity index (χ0) is 10.8. The Balaban J connectivity index is 2.36. The fraction of sp³-hybridized carbons (Fsp3) is 0.200. The van der Waals surface area contributed by atoms with E-state index in [2.05, 4.69) is 5.32 Å². The molecule has 1 heterocycles. The van der Waals surface area contributed by atoms with Crippen LogP contribution in [0.4, 0.5) is 5.69 Å². The summed E-state index contributed by atoms with van der Waals surface area (Å²) < 4.78 is 0. The van der Waals surface area contributed by atoms with Gasteiger partial charge in [0.1, 0.15) is 0 Å². The maximum absolute atomic E-state index is 11.6. The summed E-state index contributed by atoms with van der Waals surface area (Å²) in [6.07, 6.45) is 2.00. The number of anilines is 1. The lowest BCUT2D eigenvalue weighted by molar-refractivity contribution is -0.115. The second-order valence-electron chi connectivity index (χ2n) is 3.09. The molecule has 1 aromatic rings. The molecule has 0 bridgehead atoms. The van der Waals surface area contributed by atoms with Gasteiger partial charge in [-0.1, -0.05) is 6.07 Å². The van der Waals surface area contributed by atoms with Crippen molar-refractivity contribution >= 4 is 40.7 Å². The highest BCUT2D eigenvalue weighted by Crippen LogP contribution is 2.23. The van der Waals surface area contributed by atoms with Gasteiger partial charge in [0.25, 0.3) is 5.91 Å².